The fourth-order valence-electron chi connectivity index (χ4n) is 2.73. The van der Waals surface area contributed by atoms with Gasteiger partial charge in [0.2, 0.25) is 0 Å². The van der Waals surface area contributed by atoms with Crippen LogP contribution in [0.3, 0.4) is 0 Å². The average molecular weight is 266 g/mol. The molecule has 3 heteroatoms. The van der Waals surface area contributed by atoms with E-state index in [1.54, 1.807) is 6.07 Å². The van der Waals surface area contributed by atoms with Gasteiger partial charge in [-0.3, -0.25) is 4.79 Å². The number of aldehydes is 1. The Kier molecular flexibility index (Phi) is 4.65. The van der Waals surface area contributed by atoms with E-state index in [0.717, 1.165) is 31.0 Å². The molecule has 0 amide bonds. The summed E-state index contributed by atoms with van der Waals surface area (Å²) in [5.74, 6) is 0.828. The lowest BCUT2D eigenvalue weighted by Crippen LogP contribution is -2.25. The number of hydrogen-bond acceptors (Lipinski definition) is 2. The van der Waals surface area contributed by atoms with Crippen LogP contribution >= 0.6 is 11.6 Å². The van der Waals surface area contributed by atoms with Crippen molar-refractivity contribution in [1.29, 1.82) is 0 Å². The molecule has 1 aromatic carbocycles. The van der Waals surface area contributed by atoms with Crippen molar-refractivity contribution >= 4 is 23.6 Å². The lowest BCUT2D eigenvalue weighted by Gasteiger charge is -2.24. The molecule has 1 fully saturated rings. The smallest absolute Gasteiger partial charge is 0.153 e. The largest absolute Gasteiger partial charge is 0.371 e. The second-order valence-electron chi connectivity index (χ2n) is 4.98. The molecule has 0 aromatic heterocycles. The highest BCUT2D eigenvalue weighted by atomic mass is 35.5. The van der Waals surface area contributed by atoms with Gasteiger partial charge in [0.1, 0.15) is 0 Å². The normalized spacial score (nSPS) is 20.6. The maximum absolute atomic E-state index is 11.2. The Morgan fingerprint density at radius 3 is 2.94 bits per heavy atom. The summed E-state index contributed by atoms with van der Waals surface area (Å²) >= 11 is 6.09. The molecule has 1 heterocycles. The number of carbonyl (C=O) groups is 1. The lowest BCUT2D eigenvalue weighted by molar-refractivity contribution is 0.112. The molecule has 2 rings (SSSR count). The third kappa shape index (κ3) is 2.86. The van der Waals surface area contributed by atoms with Gasteiger partial charge in [0.05, 0.1) is 10.6 Å². The number of hydrogen-bond donors (Lipinski definition) is 0. The highest BCUT2D eigenvalue weighted by Gasteiger charge is 2.18. The maximum atomic E-state index is 11.2. The fraction of sp³-hybridized carbons (Fsp3) is 0.533. The van der Waals surface area contributed by atoms with Crippen LogP contribution in [0.15, 0.2) is 18.2 Å². The van der Waals surface area contributed by atoms with E-state index in [0.29, 0.717) is 10.6 Å². The van der Waals surface area contributed by atoms with Gasteiger partial charge in [-0.25, -0.2) is 0 Å². The second-order valence-corrected chi connectivity index (χ2v) is 5.39. The van der Waals surface area contributed by atoms with Crippen LogP contribution < -0.4 is 4.90 Å². The van der Waals surface area contributed by atoms with Gasteiger partial charge >= 0.3 is 0 Å². The van der Waals surface area contributed by atoms with Gasteiger partial charge in [-0.2, -0.15) is 0 Å². The summed E-state index contributed by atoms with van der Waals surface area (Å²) in [5.41, 5.74) is 1.63. The van der Waals surface area contributed by atoms with Crippen molar-refractivity contribution in [2.45, 2.75) is 32.6 Å². The zero-order chi connectivity index (χ0) is 13.0. The van der Waals surface area contributed by atoms with Crippen molar-refractivity contribution in [3.63, 3.8) is 0 Å². The zero-order valence-electron chi connectivity index (χ0n) is 10.9. The van der Waals surface area contributed by atoms with Crippen LogP contribution in [-0.2, 0) is 0 Å². The second kappa shape index (κ2) is 6.24. The minimum Gasteiger partial charge on any atom is -0.371 e. The van der Waals surface area contributed by atoms with Crippen molar-refractivity contribution < 1.29 is 4.79 Å². The van der Waals surface area contributed by atoms with E-state index in [4.69, 9.17) is 11.6 Å². The third-order valence-electron chi connectivity index (χ3n) is 3.91. The van der Waals surface area contributed by atoms with Gasteiger partial charge in [-0.1, -0.05) is 31.0 Å². The molecule has 1 atom stereocenters. The highest BCUT2D eigenvalue weighted by molar-refractivity contribution is 6.33. The monoisotopic (exact) mass is 265 g/mol. The summed E-state index contributed by atoms with van der Waals surface area (Å²) in [5, 5.41) is 0.554. The van der Waals surface area contributed by atoms with Crippen LogP contribution in [0.1, 0.15) is 43.0 Å². The van der Waals surface area contributed by atoms with Crippen molar-refractivity contribution in [3.8, 4) is 0 Å². The molecule has 1 aliphatic heterocycles. The van der Waals surface area contributed by atoms with E-state index in [-0.39, 0.29) is 0 Å². The van der Waals surface area contributed by atoms with Crippen LogP contribution in [0.25, 0.3) is 0 Å². The topological polar surface area (TPSA) is 20.3 Å². The molecule has 1 unspecified atom stereocenters. The standard InChI is InChI=1S/C15H20ClNO/c1-2-12-5-4-9-17(10-8-12)15-7-3-6-14(16)13(15)11-18/h3,6-7,11-12H,2,4-5,8-10H2,1H3. The van der Waals surface area contributed by atoms with Gasteiger partial charge in [-0.15, -0.1) is 0 Å². The summed E-state index contributed by atoms with van der Waals surface area (Å²) in [4.78, 5) is 13.5. The fourth-order valence-corrected chi connectivity index (χ4v) is 2.95. The van der Waals surface area contributed by atoms with Crippen molar-refractivity contribution in [2.75, 3.05) is 18.0 Å². The minimum absolute atomic E-state index is 0.554. The highest BCUT2D eigenvalue weighted by Crippen LogP contribution is 2.29. The first-order chi connectivity index (χ1) is 8.76. The molecular formula is C15H20ClNO. The lowest BCUT2D eigenvalue weighted by atomic mass is 9.98. The Balaban J connectivity index is 2.21. The first-order valence-electron chi connectivity index (χ1n) is 6.75. The van der Waals surface area contributed by atoms with Gasteiger partial charge < -0.3 is 4.90 Å². The Labute approximate surface area is 114 Å². The molecule has 2 nitrogen and oxygen atoms in total. The maximum Gasteiger partial charge on any atom is 0.153 e. The minimum atomic E-state index is 0.554. The van der Waals surface area contributed by atoms with Crippen LogP contribution in [0, 0.1) is 5.92 Å². The van der Waals surface area contributed by atoms with Gasteiger partial charge in [-0.05, 0) is 37.3 Å². The number of benzene rings is 1. The predicted molar refractivity (Wildman–Crippen MR) is 76.7 cm³/mol. The van der Waals surface area contributed by atoms with E-state index in [2.05, 4.69) is 11.8 Å². The predicted octanol–water partition coefficient (Wildman–Crippen LogP) is 4.17. The third-order valence-corrected chi connectivity index (χ3v) is 4.24. The number of nitrogens with zero attached hydrogens (tertiary/aromatic N) is 1. The summed E-state index contributed by atoms with van der Waals surface area (Å²) in [7, 11) is 0. The molecule has 1 aromatic rings. The van der Waals surface area contributed by atoms with Crippen molar-refractivity contribution in [2.24, 2.45) is 5.92 Å². The van der Waals surface area contributed by atoms with Gasteiger partial charge in [0.15, 0.2) is 6.29 Å². The van der Waals surface area contributed by atoms with Crippen LogP contribution in [-0.4, -0.2) is 19.4 Å². The molecule has 0 N–H and O–H groups in total. The molecule has 0 bridgehead atoms. The molecule has 0 aliphatic carbocycles. The number of rotatable bonds is 3. The van der Waals surface area contributed by atoms with E-state index in [1.807, 2.05) is 12.1 Å². The van der Waals surface area contributed by atoms with Crippen LogP contribution in [0.2, 0.25) is 5.02 Å². The van der Waals surface area contributed by atoms with Crippen LogP contribution in [0.5, 0.6) is 0 Å². The Bertz CT molecular complexity index is 419. The molecule has 18 heavy (non-hydrogen) atoms. The zero-order valence-corrected chi connectivity index (χ0v) is 11.6. The van der Waals surface area contributed by atoms with Gasteiger partial charge in [0, 0.05) is 18.8 Å². The SMILES string of the molecule is CCC1CCCN(c2cccc(Cl)c2C=O)CC1. The van der Waals surface area contributed by atoms with E-state index in [9.17, 15) is 4.79 Å². The summed E-state index contributed by atoms with van der Waals surface area (Å²) in [6.07, 6.45) is 5.83. The number of halogens is 1. The summed E-state index contributed by atoms with van der Waals surface area (Å²) < 4.78 is 0. The molecule has 1 saturated heterocycles. The van der Waals surface area contributed by atoms with Crippen molar-refractivity contribution in [1.82, 2.24) is 0 Å². The molecule has 1 aliphatic rings. The quantitative estimate of drug-likeness (QED) is 0.765. The Morgan fingerprint density at radius 1 is 1.39 bits per heavy atom. The first kappa shape index (κ1) is 13.4. The van der Waals surface area contributed by atoms with E-state index < -0.39 is 0 Å². The number of anilines is 1. The summed E-state index contributed by atoms with van der Waals surface area (Å²) in [6.45, 7) is 4.31. The van der Waals surface area contributed by atoms with Crippen LogP contribution in [0.4, 0.5) is 5.69 Å². The molecule has 98 valence electrons. The van der Waals surface area contributed by atoms with Gasteiger partial charge in [0.25, 0.3) is 0 Å². The summed E-state index contributed by atoms with van der Waals surface area (Å²) in [6, 6.07) is 5.70. The molecule has 0 radical (unpaired) electrons. The first-order valence-corrected chi connectivity index (χ1v) is 7.12. The van der Waals surface area contributed by atoms with Crippen molar-refractivity contribution in [3.05, 3.63) is 28.8 Å². The number of carbonyl (C=O) groups excluding carboxylic acids is 1. The molecular weight excluding hydrogens is 246 g/mol. The Hall–Kier alpha value is -1.02. The molecule has 0 spiro atoms. The molecule has 0 saturated carbocycles. The average Bonchev–Trinajstić information content (AvgIpc) is 2.63. The Morgan fingerprint density at radius 2 is 2.22 bits per heavy atom. The van der Waals surface area contributed by atoms with E-state index in [1.165, 1.54) is 25.7 Å². The van der Waals surface area contributed by atoms with E-state index >= 15 is 0 Å².